The van der Waals surface area contributed by atoms with E-state index in [1.807, 2.05) is 6.92 Å². The van der Waals surface area contributed by atoms with E-state index < -0.39 is 18.0 Å². The molecule has 2 aromatic rings. The molecule has 0 radical (unpaired) electrons. The number of guanidine groups is 1. The van der Waals surface area contributed by atoms with Crippen LogP contribution in [0.15, 0.2) is 22.5 Å². The Bertz CT molecular complexity index is 717. The fourth-order valence-electron chi connectivity index (χ4n) is 1.80. The Morgan fingerprint density at radius 3 is 2.72 bits per heavy atom. The first-order chi connectivity index (χ1) is 11.8. The zero-order valence-corrected chi connectivity index (χ0v) is 15.5. The van der Waals surface area contributed by atoms with Crippen LogP contribution in [0.5, 0.6) is 0 Å². The summed E-state index contributed by atoms with van der Waals surface area (Å²) in [5.41, 5.74) is -0.911. The van der Waals surface area contributed by atoms with Crippen LogP contribution in [-0.2, 0) is 12.7 Å². The van der Waals surface area contributed by atoms with Gasteiger partial charge in [0.25, 0.3) is 0 Å². The van der Waals surface area contributed by atoms with Crippen LogP contribution in [0.4, 0.5) is 13.2 Å². The summed E-state index contributed by atoms with van der Waals surface area (Å²) in [5.74, 6) is 0.382. The third-order valence-corrected chi connectivity index (χ3v) is 5.11. The average molecular weight is 413 g/mol. The van der Waals surface area contributed by atoms with Crippen LogP contribution in [0.1, 0.15) is 28.6 Å². The van der Waals surface area contributed by atoms with Gasteiger partial charge < -0.3 is 15.7 Å². The van der Waals surface area contributed by atoms with Gasteiger partial charge in [0.05, 0.1) is 10.9 Å². The van der Waals surface area contributed by atoms with E-state index in [2.05, 4.69) is 20.6 Å². The number of thiophene rings is 1. The van der Waals surface area contributed by atoms with E-state index in [-0.39, 0.29) is 18.1 Å². The van der Waals surface area contributed by atoms with E-state index >= 15 is 0 Å². The van der Waals surface area contributed by atoms with Crippen molar-refractivity contribution in [1.82, 2.24) is 15.6 Å². The smallest absolute Gasteiger partial charge is 0.386 e. The molecule has 0 saturated carbocycles. The van der Waals surface area contributed by atoms with E-state index in [1.54, 1.807) is 12.1 Å². The maximum atomic E-state index is 12.5. The van der Waals surface area contributed by atoms with Gasteiger partial charge in [-0.05, 0) is 19.1 Å². The molecule has 0 saturated heterocycles. The van der Waals surface area contributed by atoms with Crippen LogP contribution in [0, 0.1) is 0 Å². The number of nitrogens with zero attached hydrogens (tertiary/aromatic N) is 2. The van der Waals surface area contributed by atoms with Gasteiger partial charge in [-0.1, -0.05) is 11.6 Å². The Morgan fingerprint density at radius 2 is 2.16 bits per heavy atom. The maximum Gasteiger partial charge on any atom is 0.434 e. The average Bonchev–Trinajstić information content (AvgIpc) is 3.18. The molecule has 25 heavy (non-hydrogen) atoms. The molecule has 3 N–H and O–H groups in total. The van der Waals surface area contributed by atoms with Crippen LogP contribution in [0.2, 0.25) is 4.34 Å². The fourth-order valence-corrected chi connectivity index (χ4v) is 3.57. The fraction of sp³-hybridized carbons (Fsp3) is 0.429. The molecule has 1 atom stereocenters. The van der Waals surface area contributed by atoms with Gasteiger partial charge in [0.2, 0.25) is 0 Å². The van der Waals surface area contributed by atoms with Crippen LogP contribution in [-0.4, -0.2) is 29.1 Å². The molecule has 0 aromatic carbocycles. The monoisotopic (exact) mass is 412 g/mol. The molecule has 0 fully saturated rings. The summed E-state index contributed by atoms with van der Waals surface area (Å²) in [4.78, 5) is 8.43. The third kappa shape index (κ3) is 6.14. The van der Waals surface area contributed by atoms with E-state index in [0.29, 0.717) is 21.7 Å². The summed E-state index contributed by atoms with van der Waals surface area (Å²) >= 11 is 8.01. The lowest BCUT2D eigenvalue weighted by atomic mass is 10.3. The topological polar surface area (TPSA) is 69.5 Å². The van der Waals surface area contributed by atoms with Crippen molar-refractivity contribution in [2.75, 3.05) is 13.1 Å². The predicted molar refractivity (Wildman–Crippen MR) is 94.2 cm³/mol. The lowest BCUT2D eigenvalue weighted by molar-refractivity contribution is -0.140. The Kier molecular flexibility index (Phi) is 7.05. The molecule has 2 aromatic heterocycles. The Labute approximate surface area is 155 Å². The van der Waals surface area contributed by atoms with Crippen molar-refractivity contribution in [2.45, 2.75) is 25.7 Å². The molecule has 0 aliphatic rings. The molecular weight excluding hydrogens is 397 g/mol. The Morgan fingerprint density at radius 1 is 1.40 bits per heavy atom. The number of nitrogens with one attached hydrogen (secondary N) is 2. The molecule has 11 heteroatoms. The summed E-state index contributed by atoms with van der Waals surface area (Å²) < 4.78 is 38.2. The van der Waals surface area contributed by atoms with Crippen LogP contribution in [0.3, 0.4) is 0 Å². The van der Waals surface area contributed by atoms with E-state index in [4.69, 9.17) is 11.6 Å². The highest BCUT2D eigenvalue weighted by atomic mass is 35.5. The Hall–Kier alpha value is -1.36. The minimum atomic E-state index is -4.45. The van der Waals surface area contributed by atoms with Crippen molar-refractivity contribution in [3.05, 3.63) is 37.4 Å². The predicted octanol–water partition coefficient (Wildman–Crippen LogP) is 3.67. The number of thiazole rings is 1. The highest BCUT2D eigenvalue weighted by Gasteiger charge is 2.33. The Balaban J connectivity index is 1.94. The molecule has 2 rings (SSSR count). The summed E-state index contributed by atoms with van der Waals surface area (Å²) in [6.45, 7) is 2.63. The third-order valence-electron chi connectivity index (χ3n) is 2.94. The number of aliphatic hydroxyl groups excluding tert-OH is 1. The molecule has 0 spiro atoms. The maximum absolute atomic E-state index is 12.5. The van der Waals surface area contributed by atoms with Crippen LogP contribution < -0.4 is 10.6 Å². The van der Waals surface area contributed by atoms with Gasteiger partial charge in [0.1, 0.15) is 11.1 Å². The van der Waals surface area contributed by atoms with E-state index in [9.17, 15) is 18.3 Å². The number of halogens is 4. The number of aliphatic imine (C=N–C) groups is 1. The molecule has 2 heterocycles. The van der Waals surface area contributed by atoms with Crippen LogP contribution in [0.25, 0.3) is 0 Å². The standard InChI is InChI=1S/C14H16ClF3N4OS2/c1-2-19-13(20-5-8(23)9-3-4-11(15)25-9)21-6-12-22-10(7-24-12)14(16,17)18/h3-4,7-8,23H,2,5-6H2,1H3,(H2,19,20,21). The van der Waals surface area contributed by atoms with Gasteiger partial charge in [0, 0.05) is 23.3 Å². The summed E-state index contributed by atoms with van der Waals surface area (Å²) in [6, 6.07) is 3.43. The number of aliphatic hydroxyl groups is 1. The van der Waals surface area contributed by atoms with Gasteiger partial charge >= 0.3 is 6.18 Å². The minimum absolute atomic E-state index is 0.0109. The van der Waals surface area contributed by atoms with E-state index in [1.165, 1.54) is 11.3 Å². The molecular formula is C14H16ClF3N4OS2. The highest BCUT2D eigenvalue weighted by Crippen LogP contribution is 2.30. The van der Waals surface area contributed by atoms with Crippen molar-refractivity contribution in [1.29, 1.82) is 0 Å². The van der Waals surface area contributed by atoms with Crippen molar-refractivity contribution < 1.29 is 18.3 Å². The molecule has 138 valence electrons. The summed E-state index contributed by atoms with van der Waals surface area (Å²) in [5, 5.41) is 17.2. The van der Waals surface area contributed by atoms with Crippen molar-refractivity contribution in [2.24, 2.45) is 4.99 Å². The molecule has 0 bridgehead atoms. The largest absolute Gasteiger partial charge is 0.434 e. The van der Waals surface area contributed by atoms with Gasteiger partial charge in [0.15, 0.2) is 11.7 Å². The number of hydrogen-bond acceptors (Lipinski definition) is 5. The van der Waals surface area contributed by atoms with E-state index in [0.717, 1.165) is 16.7 Å². The first-order valence-corrected chi connectivity index (χ1v) is 9.34. The lowest BCUT2D eigenvalue weighted by Crippen LogP contribution is -2.39. The minimum Gasteiger partial charge on any atom is -0.386 e. The number of aromatic nitrogens is 1. The lowest BCUT2D eigenvalue weighted by Gasteiger charge is -2.14. The zero-order valence-electron chi connectivity index (χ0n) is 13.1. The second-order valence-electron chi connectivity index (χ2n) is 4.86. The summed E-state index contributed by atoms with van der Waals surface area (Å²) in [7, 11) is 0. The molecule has 0 aliphatic heterocycles. The second kappa shape index (κ2) is 8.84. The van der Waals surface area contributed by atoms with Gasteiger partial charge in [-0.3, -0.25) is 0 Å². The normalized spacial score (nSPS) is 13.8. The SMILES string of the molecule is CCNC(=NCc1nc(C(F)(F)F)cs1)NCC(O)c1ccc(Cl)s1. The zero-order chi connectivity index (χ0) is 18.4. The summed E-state index contributed by atoms with van der Waals surface area (Å²) in [6.07, 6.45) is -5.22. The molecule has 1 unspecified atom stereocenters. The first-order valence-electron chi connectivity index (χ1n) is 7.26. The number of alkyl halides is 3. The number of rotatable bonds is 6. The molecule has 5 nitrogen and oxygen atoms in total. The van der Waals surface area contributed by atoms with Crippen molar-refractivity contribution in [3.63, 3.8) is 0 Å². The second-order valence-corrected chi connectivity index (χ2v) is 7.55. The first kappa shape index (κ1) is 20.0. The van der Waals surface area contributed by atoms with Crippen molar-refractivity contribution >= 4 is 40.2 Å². The van der Waals surface area contributed by atoms with Gasteiger partial charge in [-0.25, -0.2) is 9.98 Å². The highest BCUT2D eigenvalue weighted by molar-refractivity contribution is 7.16. The van der Waals surface area contributed by atoms with Crippen molar-refractivity contribution in [3.8, 4) is 0 Å². The van der Waals surface area contributed by atoms with Gasteiger partial charge in [-0.2, -0.15) is 13.2 Å². The molecule has 0 amide bonds. The van der Waals surface area contributed by atoms with Crippen LogP contribution >= 0.6 is 34.3 Å². The van der Waals surface area contributed by atoms with Gasteiger partial charge in [-0.15, -0.1) is 22.7 Å². The number of hydrogen-bond donors (Lipinski definition) is 3. The molecule has 0 aliphatic carbocycles. The quantitative estimate of drug-likeness (QED) is 0.500.